The van der Waals surface area contributed by atoms with Gasteiger partial charge in [0.25, 0.3) is 17.7 Å². The maximum Gasteiger partial charge on any atom is 0.257 e. The van der Waals surface area contributed by atoms with Gasteiger partial charge < -0.3 is 45.6 Å². The predicted molar refractivity (Wildman–Crippen MR) is 551 cm³/mol. The van der Waals surface area contributed by atoms with Crippen LogP contribution in [0.15, 0.2) is 122 Å². The molecule has 0 saturated carbocycles. The minimum atomic E-state index is -3.53. The van der Waals surface area contributed by atoms with E-state index >= 15 is 0 Å². The van der Waals surface area contributed by atoms with E-state index in [9.17, 15) is 71.2 Å². The number of aliphatic hydroxyl groups excluding tert-OH is 4. The topological polar surface area (TPSA) is 666 Å². The van der Waals surface area contributed by atoms with E-state index < -0.39 is 81.2 Å². The lowest BCUT2D eigenvalue weighted by molar-refractivity contribution is -0.126. The van der Waals surface area contributed by atoms with Crippen molar-refractivity contribution in [1.29, 1.82) is 0 Å². The average Bonchev–Trinajstić information content (AvgIpc) is 1.63. The van der Waals surface area contributed by atoms with Gasteiger partial charge in [0.15, 0.2) is 57.5 Å². The van der Waals surface area contributed by atoms with Crippen LogP contribution in [-0.2, 0) is 78.8 Å². The quantitative estimate of drug-likeness (QED) is 0.0186. The number of nitrogens with zero attached hydrogens (tertiary/aromatic N) is 17. The molecule has 0 bridgehead atoms. The average molecular weight is 2240 g/mol. The standard InChI is InChI=1S/C20H23ClN6O4S2.C16H17ClN6O3S2.C15H14ClN5O5S2.C15H14ClN5O4S2.C14H12ClN5O4S2/c1-27-7-5-13(6-8-27)31-11-17(28)25-20-24-15-4-3-14(23-19(15)32-20)12-9-16(18(21)22-10-12)26-33(2,29)30;1-23(2)8-13(24)21-16-20-11-5-4-10(19-15(11)27-16)9-6-12(14(17)18-7-9)22-28(3,25)26;1-28(25,26)21-10-4-7(5-17-12(10)16)8-2-3-9-14(18-8)27-15(19-9)20-13(24)11(23)6-22;1-27(24,25)21-11-6-8(7-17-13(11)16)9-2-3-10-14(18-9)26-15(19-10)20-12(23)4-5-22;1-26(23,24)20-10-4-7(5-16-12(10)15)8-2-3-9-13(17-8)25-14(18-9)19-11(22)6-21/h3-4,9-10,13,26H,5-8,11H2,1-2H3,(H,24,25,28);4-7,22H,8H2,1-3H3,(H,20,21,24);2-5,11,21-23H,6H2,1H3,(H,19,20,24);2-3,6-7,21-22H,4-5H2,1H3,(H,19,20,23);2-5,20-21H,6H2,1H3,(H,18,19,22)/t;;11-;;/m..1../s1. The molecule has 0 aromatic carbocycles. The van der Waals surface area contributed by atoms with Crippen molar-refractivity contribution >= 4 is 300 Å². The molecule has 16 heterocycles. The SMILES string of the molecule is CN(C)CC(=O)Nc1nc2ccc(-c3cnc(Cl)c(NS(C)(=O)=O)c3)nc2s1.CN1CCC(OCC(=O)Nc2nc3ccc(-c4cnc(Cl)c(NS(C)(=O)=O)c4)nc3s2)CC1.CS(=O)(=O)Nc1cc(-c2ccc3nc(NC(=O)CCO)sc3n2)cnc1Cl.CS(=O)(=O)Nc1cc(-c2ccc3nc(NC(=O)CO)sc3n2)cnc1Cl.CS(=O)(=O)Nc1cc(-c2ccc3nc(NC(=O)[C@H](O)CO)sc3n2)cnc1Cl. The van der Waals surface area contributed by atoms with Gasteiger partial charge in [0.05, 0.1) is 120 Å². The number of nitrogens with one attached hydrogen (secondary N) is 10. The highest BCUT2D eigenvalue weighted by Crippen LogP contribution is 2.38. The van der Waals surface area contributed by atoms with E-state index in [2.05, 4.69) is 137 Å². The number of sulfonamides is 5. The number of aromatic nitrogens is 15. The molecule has 47 nitrogen and oxygen atoms in total. The molecular weight excluding hydrogens is 2160 g/mol. The largest absolute Gasteiger partial charge is 0.396 e. The number of amides is 5. The van der Waals surface area contributed by atoms with E-state index in [4.69, 9.17) is 78.1 Å². The fraction of sp³-hybridized carbons (Fsp3) is 0.250. The lowest BCUT2D eigenvalue weighted by Gasteiger charge is -2.28. The molecule has 0 spiro atoms. The van der Waals surface area contributed by atoms with Crippen LogP contribution in [0.4, 0.5) is 54.1 Å². The van der Waals surface area contributed by atoms with Crippen molar-refractivity contribution in [2.45, 2.75) is 31.5 Å². The molecule has 750 valence electrons. The molecule has 0 unspecified atom stereocenters. The van der Waals surface area contributed by atoms with Crippen LogP contribution in [0.3, 0.4) is 0 Å². The van der Waals surface area contributed by atoms with Gasteiger partial charge in [-0.2, -0.15) is 0 Å². The number of rotatable bonds is 30. The smallest absolute Gasteiger partial charge is 0.257 e. The van der Waals surface area contributed by atoms with Gasteiger partial charge in [0.1, 0.15) is 64.9 Å². The third-order valence-corrected chi connectivity index (χ3v) is 27.0. The van der Waals surface area contributed by atoms with E-state index in [1.165, 1.54) is 83.2 Å². The minimum absolute atomic E-state index is 0.000447. The Labute approximate surface area is 852 Å². The summed E-state index contributed by atoms with van der Waals surface area (Å²) in [6.07, 6.45) is 12.9. The summed E-state index contributed by atoms with van der Waals surface area (Å²) in [5.74, 6) is -2.10. The van der Waals surface area contributed by atoms with Crippen LogP contribution >= 0.6 is 115 Å². The highest BCUT2D eigenvalue weighted by Gasteiger charge is 2.25. The first kappa shape index (κ1) is 109. The number of halogens is 5. The summed E-state index contributed by atoms with van der Waals surface area (Å²) in [6, 6.07) is 24.9. The Hall–Kier alpha value is -11.8. The van der Waals surface area contributed by atoms with E-state index in [1.54, 1.807) is 91.8 Å². The van der Waals surface area contributed by atoms with Gasteiger partial charge >= 0.3 is 0 Å². The molecule has 1 atom stereocenters. The van der Waals surface area contributed by atoms with E-state index in [1.807, 2.05) is 0 Å². The number of pyridine rings is 10. The summed E-state index contributed by atoms with van der Waals surface area (Å²) in [6.45, 7) is 0.581. The van der Waals surface area contributed by atoms with Gasteiger partial charge in [0.2, 0.25) is 61.9 Å². The molecule has 1 aliphatic rings. The van der Waals surface area contributed by atoms with Crippen molar-refractivity contribution in [1.82, 2.24) is 84.6 Å². The second kappa shape index (κ2) is 47.6. The first-order valence-corrected chi connectivity index (χ1v) is 55.9. The predicted octanol–water partition coefficient (Wildman–Crippen LogP) is 9.98. The van der Waals surface area contributed by atoms with Gasteiger partial charge in [-0.25, -0.2) is 117 Å². The molecule has 14 N–H and O–H groups in total. The second-order valence-electron chi connectivity index (χ2n) is 30.4. The van der Waals surface area contributed by atoms with Crippen LogP contribution in [0.5, 0.6) is 0 Å². The van der Waals surface area contributed by atoms with Crippen LogP contribution in [0.25, 0.3) is 108 Å². The van der Waals surface area contributed by atoms with Crippen molar-refractivity contribution in [2.24, 2.45) is 0 Å². The number of carbonyl (C=O) groups excluding carboxylic acids is 5. The number of anilines is 10. The third-order valence-electron chi connectivity index (χ3n) is 18.2. The molecule has 15 aromatic heterocycles. The Kier molecular flexibility index (Phi) is 36.6. The number of likely N-dealkylation sites (N-methyl/N-ethyl adjacent to an activating group) is 1. The molecule has 5 amide bonds. The summed E-state index contributed by atoms with van der Waals surface area (Å²) >= 11 is 35.6. The zero-order chi connectivity index (χ0) is 103. The lowest BCUT2D eigenvalue weighted by Crippen LogP contribution is -2.35. The monoisotopic (exact) mass is 2230 g/mol. The number of ether oxygens (including phenoxy) is 1. The highest BCUT2D eigenvalue weighted by molar-refractivity contribution is 7.93. The molecule has 16 rings (SSSR count). The van der Waals surface area contributed by atoms with E-state index in [0.717, 1.165) is 79.9 Å². The molecule has 62 heteroatoms. The van der Waals surface area contributed by atoms with Crippen LogP contribution in [0.1, 0.15) is 19.3 Å². The zero-order valence-electron chi connectivity index (χ0n) is 74.7. The van der Waals surface area contributed by atoms with Gasteiger partial charge in [-0.1, -0.05) is 115 Å². The van der Waals surface area contributed by atoms with Gasteiger partial charge in [-0.05, 0) is 125 Å². The van der Waals surface area contributed by atoms with Crippen molar-refractivity contribution in [3.8, 4) is 56.3 Å². The molecular formula is C80H80Cl5N27O20S10. The zero-order valence-corrected chi connectivity index (χ0v) is 86.6. The van der Waals surface area contributed by atoms with Crippen molar-refractivity contribution in [3.63, 3.8) is 0 Å². The summed E-state index contributed by atoms with van der Waals surface area (Å²) in [5, 5.41) is 50.6. The summed E-state index contributed by atoms with van der Waals surface area (Å²) in [7, 11) is -11.9. The first-order valence-electron chi connectivity index (χ1n) is 40.4. The molecule has 1 aliphatic heterocycles. The highest BCUT2D eigenvalue weighted by atomic mass is 35.5. The van der Waals surface area contributed by atoms with E-state index in [-0.39, 0.29) is 109 Å². The molecule has 0 radical (unpaired) electrons. The number of hydrogen-bond acceptors (Lipinski definition) is 42. The fourth-order valence-corrected chi connectivity index (χ4v) is 20.2. The van der Waals surface area contributed by atoms with Crippen LogP contribution in [0.2, 0.25) is 25.8 Å². The maximum atomic E-state index is 12.3. The molecule has 1 fully saturated rings. The summed E-state index contributed by atoms with van der Waals surface area (Å²) in [4.78, 5) is 129. The fourth-order valence-electron chi connectivity index (χ4n) is 12.1. The Morgan fingerprint density at radius 2 is 0.662 bits per heavy atom. The molecule has 0 aliphatic carbocycles. The second-order valence-corrected chi connectivity index (χ2v) is 45.9. The van der Waals surface area contributed by atoms with Crippen LogP contribution in [-0.4, -0.2) is 287 Å². The number of piperidine rings is 1. The van der Waals surface area contributed by atoms with Gasteiger partial charge in [-0.15, -0.1) is 0 Å². The molecule has 15 aromatic rings. The molecule has 1 saturated heterocycles. The number of hydrogen-bond donors (Lipinski definition) is 14. The minimum Gasteiger partial charge on any atom is -0.396 e. The molecule has 142 heavy (non-hydrogen) atoms. The number of carbonyl (C=O) groups is 5. The van der Waals surface area contributed by atoms with Gasteiger partial charge in [-0.3, -0.25) is 63.5 Å². The first-order chi connectivity index (χ1) is 66.9. The maximum absolute atomic E-state index is 12.3. The van der Waals surface area contributed by atoms with Crippen molar-refractivity contribution in [3.05, 3.63) is 148 Å². The normalized spacial score (nSPS) is 12.7. The third kappa shape index (κ3) is 32.4. The van der Waals surface area contributed by atoms with Crippen molar-refractivity contribution in [2.75, 3.05) is 149 Å². The number of thiazole rings is 5. The number of aliphatic hydroxyl groups is 4. The van der Waals surface area contributed by atoms with Gasteiger partial charge in [0, 0.05) is 71.9 Å². The Bertz CT molecular complexity index is 7910. The van der Waals surface area contributed by atoms with Crippen molar-refractivity contribution < 1.29 is 91.2 Å². The summed E-state index contributed by atoms with van der Waals surface area (Å²) in [5.41, 5.74) is 9.22. The summed E-state index contributed by atoms with van der Waals surface area (Å²) < 4.78 is 132. The van der Waals surface area contributed by atoms with Crippen LogP contribution in [0, 0.1) is 0 Å². The van der Waals surface area contributed by atoms with E-state index in [0.29, 0.717) is 129 Å². The Balaban J connectivity index is 0.000000159. The van der Waals surface area contributed by atoms with Crippen LogP contribution < -0.4 is 50.2 Å². The Morgan fingerprint density at radius 1 is 0.401 bits per heavy atom. The number of likely N-dealkylation sites (tertiary alicyclic amines) is 1. The number of fused-ring (bicyclic) bond motifs is 5. The lowest BCUT2D eigenvalue weighted by atomic mass is 10.1. The Morgan fingerprint density at radius 3 is 0.915 bits per heavy atom.